The summed E-state index contributed by atoms with van der Waals surface area (Å²) in [7, 11) is 0. The number of fused-ring (bicyclic) bond motifs is 1. The van der Waals surface area contributed by atoms with Crippen molar-refractivity contribution in [2.45, 2.75) is 12.0 Å². The lowest BCUT2D eigenvalue weighted by Crippen LogP contribution is -2.45. The highest BCUT2D eigenvalue weighted by molar-refractivity contribution is 9.09. The molecule has 0 radical (unpaired) electrons. The third kappa shape index (κ3) is 1.64. The van der Waals surface area contributed by atoms with Crippen molar-refractivity contribution in [3.05, 3.63) is 37.0 Å². The zero-order valence-corrected chi connectivity index (χ0v) is 10.2. The minimum atomic E-state index is 0.0901. The molecule has 1 atom stereocenters. The monoisotopic (exact) mass is 267 g/mol. The van der Waals surface area contributed by atoms with Crippen molar-refractivity contribution in [1.82, 2.24) is 5.43 Å². The molecule has 0 bridgehead atoms. The van der Waals surface area contributed by atoms with Gasteiger partial charge in [0.05, 0.1) is 11.4 Å². The van der Waals surface area contributed by atoms with Crippen LogP contribution in [0.5, 0.6) is 0 Å². The van der Waals surface area contributed by atoms with Crippen LogP contribution in [0.3, 0.4) is 0 Å². The highest BCUT2D eigenvalue weighted by Gasteiger charge is 2.31. The lowest BCUT2D eigenvalue weighted by Gasteiger charge is -2.25. The van der Waals surface area contributed by atoms with Crippen LogP contribution in [0.15, 0.2) is 37.0 Å². The summed E-state index contributed by atoms with van der Waals surface area (Å²) in [6.45, 7) is 6.80. The number of hydrogen-bond acceptors (Lipinski definition) is 3. The molecule has 0 fully saturated rings. The van der Waals surface area contributed by atoms with E-state index in [9.17, 15) is 0 Å². The van der Waals surface area contributed by atoms with E-state index >= 15 is 0 Å². The second-order valence-electron chi connectivity index (χ2n) is 3.27. The van der Waals surface area contributed by atoms with Crippen molar-refractivity contribution in [2.24, 2.45) is 0 Å². The van der Waals surface area contributed by atoms with Gasteiger partial charge in [-0.25, -0.2) is 5.43 Å². The number of hydrogen-bond donors (Lipinski definition) is 1. The van der Waals surface area contributed by atoms with Crippen molar-refractivity contribution in [3.8, 4) is 0 Å². The molecule has 1 aliphatic rings. The van der Waals surface area contributed by atoms with E-state index in [4.69, 9.17) is 0 Å². The minimum absolute atomic E-state index is 0.0901. The van der Waals surface area contributed by atoms with Crippen molar-refractivity contribution in [3.63, 3.8) is 0 Å². The van der Waals surface area contributed by atoms with Crippen molar-refractivity contribution in [1.29, 1.82) is 0 Å². The summed E-state index contributed by atoms with van der Waals surface area (Å²) in [5.74, 6) is 0. The molecule has 0 spiro atoms. The standard InChI is InChI=1S/C11H14BrN3/c1-3-13-15-10-8-6-5-7-9(10)14(4-2)11(15)12/h4-8,11,13H,2-3H2,1H3. The van der Waals surface area contributed by atoms with Crippen LogP contribution in [0, 0.1) is 0 Å². The van der Waals surface area contributed by atoms with Gasteiger partial charge in [0.25, 0.3) is 0 Å². The van der Waals surface area contributed by atoms with Crippen LogP contribution in [0.4, 0.5) is 11.4 Å². The lowest BCUT2D eigenvalue weighted by molar-refractivity contribution is 0.650. The summed E-state index contributed by atoms with van der Waals surface area (Å²) < 4.78 is 0. The van der Waals surface area contributed by atoms with Gasteiger partial charge in [-0.3, -0.25) is 5.01 Å². The number of anilines is 2. The Balaban J connectivity index is 2.41. The Morgan fingerprint density at radius 2 is 2.13 bits per heavy atom. The second kappa shape index (κ2) is 4.24. The van der Waals surface area contributed by atoms with Crippen molar-refractivity contribution in [2.75, 3.05) is 16.5 Å². The Morgan fingerprint density at radius 3 is 2.73 bits per heavy atom. The molecule has 0 saturated heterocycles. The van der Waals surface area contributed by atoms with Crippen LogP contribution in [0.25, 0.3) is 0 Å². The number of nitrogens with zero attached hydrogens (tertiary/aromatic N) is 2. The lowest BCUT2D eigenvalue weighted by atomic mass is 10.3. The van der Waals surface area contributed by atoms with Crippen LogP contribution in [0.1, 0.15) is 6.92 Å². The molecule has 1 unspecified atom stereocenters. The summed E-state index contributed by atoms with van der Waals surface area (Å²) in [5.41, 5.74) is 5.64. The molecule has 1 aromatic carbocycles. The van der Waals surface area contributed by atoms with E-state index in [0.29, 0.717) is 0 Å². The Bertz CT molecular complexity index is 367. The van der Waals surface area contributed by atoms with Crippen LogP contribution < -0.4 is 15.3 Å². The van der Waals surface area contributed by atoms with Gasteiger partial charge in [0, 0.05) is 6.54 Å². The van der Waals surface area contributed by atoms with Crippen LogP contribution >= 0.6 is 15.9 Å². The Kier molecular flexibility index (Phi) is 2.98. The molecule has 4 heteroatoms. The molecule has 1 aromatic rings. The number of rotatable bonds is 3. The molecule has 0 aromatic heterocycles. The van der Waals surface area contributed by atoms with Crippen LogP contribution in [0.2, 0.25) is 0 Å². The maximum atomic E-state index is 3.83. The van der Waals surface area contributed by atoms with Gasteiger partial charge >= 0.3 is 0 Å². The molecule has 0 amide bonds. The van der Waals surface area contributed by atoms with Gasteiger partial charge in [-0.15, -0.1) is 0 Å². The number of halogens is 1. The van der Waals surface area contributed by atoms with E-state index in [-0.39, 0.29) is 5.08 Å². The van der Waals surface area contributed by atoms with Gasteiger partial charge < -0.3 is 4.90 Å². The molecule has 15 heavy (non-hydrogen) atoms. The molecule has 2 rings (SSSR count). The predicted octanol–water partition coefficient (Wildman–Crippen LogP) is 2.66. The first-order valence-corrected chi connectivity index (χ1v) is 5.88. The third-order valence-corrected chi connectivity index (χ3v) is 3.24. The topological polar surface area (TPSA) is 18.5 Å². The second-order valence-corrected chi connectivity index (χ2v) is 4.09. The molecule has 80 valence electrons. The fourth-order valence-corrected chi connectivity index (χ4v) is 2.51. The van der Waals surface area contributed by atoms with E-state index in [1.807, 2.05) is 18.3 Å². The molecule has 0 aliphatic carbocycles. The molecule has 3 nitrogen and oxygen atoms in total. The van der Waals surface area contributed by atoms with E-state index < -0.39 is 0 Å². The van der Waals surface area contributed by atoms with Gasteiger partial charge in [0.1, 0.15) is 0 Å². The highest BCUT2D eigenvalue weighted by Crippen LogP contribution is 2.40. The van der Waals surface area contributed by atoms with Gasteiger partial charge in [-0.2, -0.15) is 0 Å². The van der Waals surface area contributed by atoms with Gasteiger partial charge in [0.15, 0.2) is 5.08 Å². The molecular formula is C11H14BrN3. The Labute approximate surface area is 98.5 Å². The largest absolute Gasteiger partial charge is 0.315 e. The van der Waals surface area contributed by atoms with E-state index in [0.717, 1.165) is 12.2 Å². The maximum absolute atomic E-state index is 3.83. The molecule has 0 saturated carbocycles. The predicted molar refractivity (Wildman–Crippen MR) is 68.0 cm³/mol. The quantitative estimate of drug-likeness (QED) is 0.671. The first-order valence-electron chi connectivity index (χ1n) is 4.96. The Morgan fingerprint density at radius 1 is 1.47 bits per heavy atom. The fraction of sp³-hybridized carbons (Fsp3) is 0.273. The summed E-state index contributed by atoms with van der Waals surface area (Å²) in [6.07, 6.45) is 1.83. The molecule has 1 heterocycles. The first-order chi connectivity index (χ1) is 7.29. The zero-order chi connectivity index (χ0) is 10.8. The molecular weight excluding hydrogens is 254 g/mol. The normalized spacial score (nSPS) is 19.2. The minimum Gasteiger partial charge on any atom is -0.315 e. The Hall–Kier alpha value is -1.00. The fourth-order valence-electron chi connectivity index (χ4n) is 1.76. The zero-order valence-electron chi connectivity index (χ0n) is 8.65. The van der Waals surface area contributed by atoms with Crippen molar-refractivity contribution < 1.29 is 0 Å². The summed E-state index contributed by atoms with van der Waals surface area (Å²) >= 11 is 3.63. The van der Waals surface area contributed by atoms with E-state index in [2.05, 4.69) is 56.9 Å². The highest BCUT2D eigenvalue weighted by atomic mass is 79.9. The van der Waals surface area contributed by atoms with E-state index in [1.165, 1.54) is 5.69 Å². The van der Waals surface area contributed by atoms with Gasteiger partial charge in [-0.1, -0.05) is 25.6 Å². The number of benzene rings is 1. The third-order valence-electron chi connectivity index (χ3n) is 2.39. The van der Waals surface area contributed by atoms with Crippen LogP contribution in [-0.4, -0.2) is 11.6 Å². The van der Waals surface area contributed by atoms with Gasteiger partial charge in [0.2, 0.25) is 0 Å². The summed E-state index contributed by atoms with van der Waals surface area (Å²) in [4.78, 5) is 2.08. The average molecular weight is 268 g/mol. The number of alkyl halides is 1. The SMILES string of the molecule is C=CN1c2ccccc2N(NCC)C1Br. The average Bonchev–Trinajstić information content (AvgIpc) is 2.53. The van der Waals surface area contributed by atoms with Crippen molar-refractivity contribution >= 4 is 27.3 Å². The molecule has 1 N–H and O–H groups in total. The van der Waals surface area contributed by atoms with Gasteiger partial charge in [-0.05, 0) is 34.3 Å². The first kappa shape index (κ1) is 10.5. The van der Waals surface area contributed by atoms with Crippen LogP contribution in [-0.2, 0) is 0 Å². The van der Waals surface area contributed by atoms with E-state index in [1.54, 1.807) is 0 Å². The number of nitrogens with one attached hydrogen (secondary N) is 1. The number of para-hydroxylation sites is 2. The number of hydrazine groups is 1. The smallest absolute Gasteiger partial charge is 0.177 e. The molecule has 1 aliphatic heterocycles. The summed E-state index contributed by atoms with van der Waals surface area (Å²) in [5, 5.41) is 2.18. The summed E-state index contributed by atoms with van der Waals surface area (Å²) in [6, 6.07) is 8.25. The maximum Gasteiger partial charge on any atom is 0.177 e.